The summed E-state index contributed by atoms with van der Waals surface area (Å²) in [6.07, 6.45) is 0. The summed E-state index contributed by atoms with van der Waals surface area (Å²) in [4.78, 5) is 23.0. The Morgan fingerprint density at radius 3 is 1.23 bits per heavy atom. The van der Waals surface area contributed by atoms with E-state index in [0.717, 1.165) is 0 Å². The summed E-state index contributed by atoms with van der Waals surface area (Å²) in [6.45, 7) is 10.4. The van der Waals surface area contributed by atoms with Crippen molar-refractivity contribution in [2.45, 2.75) is 52.7 Å². The van der Waals surface area contributed by atoms with Crippen LogP contribution in [0.25, 0.3) is 0 Å². The molecule has 0 rings (SSSR count). The monoisotopic (exact) mass is 354 g/mol. The van der Waals surface area contributed by atoms with Gasteiger partial charge in [-0.1, -0.05) is 0 Å². The van der Waals surface area contributed by atoms with Crippen LogP contribution < -0.4 is 0 Å². The molecule has 0 fully saturated rings. The summed E-state index contributed by atoms with van der Waals surface area (Å²) < 4.78 is 33.5. The van der Waals surface area contributed by atoms with E-state index in [0.29, 0.717) is 0 Å². The van der Waals surface area contributed by atoms with E-state index < -0.39 is 44.7 Å². The first kappa shape index (κ1) is 21.2. The van der Waals surface area contributed by atoms with Crippen LogP contribution in [-0.2, 0) is 40.7 Å². The van der Waals surface area contributed by atoms with Crippen LogP contribution in [0, 0.1) is 0 Å². The Hall–Kier alpha value is -0.760. The number of carbonyl (C=O) groups excluding carboxylic acids is 2. The molecule has 0 amide bonds. The van der Waals surface area contributed by atoms with Crippen molar-refractivity contribution in [3.05, 3.63) is 0 Å². The maximum absolute atomic E-state index is 11.7. The molecular weight excluding hydrogens is 328 g/mol. The van der Waals surface area contributed by atoms with E-state index >= 15 is 0 Å². The van der Waals surface area contributed by atoms with Gasteiger partial charge in [0.2, 0.25) is 0 Å². The van der Waals surface area contributed by atoms with E-state index in [2.05, 4.69) is 0 Å². The molecule has 0 saturated heterocycles. The Bertz CT molecular complexity index is 403. The van der Waals surface area contributed by atoms with Crippen molar-refractivity contribution in [3.63, 3.8) is 0 Å². The minimum atomic E-state index is -1.46. The number of carbonyl (C=O) groups is 2. The molecule has 0 aliphatic carbocycles. The van der Waals surface area contributed by atoms with Crippen LogP contribution >= 0.6 is 0 Å². The van der Waals surface area contributed by atoms with Crippen molar-refractivity contribution in [3.8, 4) is 0 Å². The molecule has 2 atom stereocenters. The van der Waals surface area contributed by atoms with Gasteiger partial charge < -0.3 is 9.47 Å². The van der Waals surface area contributed by atoms with E-state index in [4.69, 9.17) is 9.47 Å². The molecule has 0 N–H and O–H groups in total. The van der Waals surface area contributed by atoms with E-state index in [9.17, 15) is 18.0 Å². The van der Waals surface area contributed by atoms with Crippen LogP contribution in [0.3, 0.4) is 0 Å². The summed E-state index contributed by atoms with van der Waals surface area (Å²) in [5.41, 5.74) is -1.25. The fourth-order valence-corrected chi connectivity index (χ4v) is 3.75. The number of rotatable bonds is 7. The zero-order chi connectivity index (χ0) is 17.6. The second-order valence-electron chi connectivity index (χ2n) is 6.75. The highest BCUT2D eigenvalue weighted by Gasteiger charge is 2.20. The van der Waals surface area contributed by atoms with Gasteiger partial charge in [-0.05, 0) is 41.5 Å². The molecule has 8 heteroatoms. The minimum Gasteiger partial charge on any atom is -0.459 e. The molecule has 0 saturated carbocycles. The zero-order valence-electron chi connectivity index (χ0n) is 14.1. The van der Waals surface area contributed by atoms with Gasteiger partial charge in [0.05, 0.1) is 0 Å². The molecule has 0 aliphatic rings. The third kappa shape index (κ3) is 12.9. The summed E-state index contributed by atoms with van der Waals surface area (Å²) in [5, 5.41) is 0. The van der Waals surface area contributed by atoms with E-state index in [1.165, 1.54) is 0 Å². The summed E-state index contributed by atoms with van der Waals surface area (Å²) in [7, 11) is -2.92. The van der Waals surface area contributed by atoms with Gasteiger partial charge >= 0.3 is 11.9 Å². The number of hydrogen-bond donors (Lipinski definition) is 0. The Balaban J connectivity index is 4.08. The van der Waals surface area contributed by atoms with Gasteiger partial charge in [0, 0.05) is 33.1 Å². The number of esters is 2. The Kier molecular flexibility index (Phi) is 8.46. The highest BCUT2D eigenvalue weighted by molar-refractivity contribution is 7.89. The molecular formula is C14H26O6S2. The average molecular weight is 354 g/mol. The standard InChI is InChI=1S/C14H26O6S2/c1-13(2,3)19-11(15)9-21(17)7-8-22(18)10-12(16)20-14(4,5)6/h7-10H2,1-6H3/t21-,22-/m0/s1. The molecule has 0 spiro atoms. The summed E-state index contributed by atoms with van der Waals surface area (Å²) >= 11 is 0. The largest absolute Gasteiger partial charge is 0.459 e. The molecule has 0 aliphatic heterocycles. The van der Waals surface area contributed by atoms with Crippen molar-refractivity contribution < 1.29 is 27.5 Å². The van der Waals surface area contributed by atoms with Gasteiger partial charge in [-0.3, -0.25) is 18.0 Å². The highest BCUT2D eigenvalue weighted by Crippen LogP contribution is 2.08. The smallest absolute Gasteiger partial charge is 0.319 e. The second-order valence-corrected chi connectivity index (χ2v) is 9.90. The van der Waals surface area contributed by atoms with E-state index in [1.807, 2.05) is 0 Å². The third-order valence-corrected chi connectivity index (χ3v) is 4.63. The van der Waals surface area contributed by atoms with Gasteiger partial charge in [-0.15, -0.1) is 0 Å². The van der Waals surface area contributed by atoms with E-state index in [1.54, 1.807) is 41.5 Å². The Labute approximate surface area is 137 Å². The van der Waals surface area contributed by atoms with Crippen LogP contribution in [0.2, 0.25) is 0 Å². The second kappa shape index (κ2) is 8.76. The normalized spacial score (nSPS) is 15.0. The van der Waals surface area contributed by atoms with Gasteiger partial charge in [0.25, 0.3) is 0 Å². The molecule has 130 valence electrons. The van der Waals surface area contributed by atoms with Crippen LogP contribution in [0.4, 0.5) is 0 Å². The lowest BCUT2D eigenvalue weighted by molar-refractivity contribution is -0.152. The molecule has 0 aromatic rings. The van der Waals surface area contributed by atoms with Crippen LogP contribution in [0.5, 0.6) is 0 Å². The fraction of sp³-hybridized carbons (Fsp3) is 0.857. The molecule has 0 unspecified atom stereocenters. The van der Waals surface area contributed by atoms with Gasteiger partial charge in [0.15, 0.2) is 0 Å². The Morgan fingerprint density at radius 1 is 0.727 bits per heavy atom. The topological polar surface area (TPSA) is 86.7 Å². The van der Waals surface area contributed by atoms with Crippen molar-refractivity contribution in [2.75, 3.05) is 23.0 Å². The lowest BCUT2D eigenvalue weighted by Gasteiger charge is -2.19. The predicted molar refractivity (Wildman–Crippen MR) is 87.4 cm³/mol. The quantitative estimate of drug-likeness (QED) is 0.638. The fourth-order valence-electron chi connectivity index (χ4n) is 1.34. The van der Waals surface area contributed by atoms with Gasteiger partial charge in [-0.2, -0.15) is 0 Å². The predicted octanol–water partition coefficient (Wildman–Crippen LogP) is 1.17. The molecule has 0 aromatic heterocycles. The number of ether oxygens (including phenoxy) is 2. The lowest BCUT2D eigenvalue weighted by Crippen LogP contribution is -2.29. The number of hydrogen-bond acceptors (Lipinski definition) is 6. The molecule has 0 heterocycles. The summed E-state index contributed by atoms with van der Waals surface area (Å²) in [5.74, 6) is -1.42. The first-order valence-corrected chi connectivity index (χ1v) is 9.90. The third-order valence-electron chi connectivity index (χ3n) is 1.94. The van der Waals surface area contributed by atoms with Crippen LogP contribution in [-0.4, -0.2) is 54.6 Å². The molecule has 22 heavy (non-hydrogen) atoms. The summed E-state index contributed by atoms with van der Waals surface area (Å²) in [6, 6.07) is 0. The maximum atomic E-state index is 11.7. The minimum absolute atomic E-state index is 0.0780. The van der Waals surface area contributed by atoms with Crippen molar-refractivity contribution in [1.82, 2.24) is 0 Å². The van der Waals surface area contributed by atoms with Crippen LogP contribution in [0.1, 0.15) is 41.5 Å². The van der Waals surface area contributed by atoms with Crippen molar-refractivity contribution in [1.29, 1.82) is 0 Å². The molecule has 0 aromatic carbocycles. The molecule has 6 nitrogen and oxygen atoms in total. The first-order chi connectivity index (χ1) is 9.78. The van der Waals surface area contributed by atoms with Gasteiger partial charge in [0.1, 0.15) is 22.7 Å². The van der Waals surface area contributed by atoms with Crippen molar-refractivity contribution >= 4 is 33.5 Å². The first-order valence-electron chi connectivity index (χ1n) is 6.92. The van der Waals surface area contributed by atoms with Gasteiger partial charge in [-0.25, -0.2) is 0 Å². The van der Waals surface area contributed by atoms with Crippen molar-refractivity contribution in [2.24, 2.45) is 0 Å². The molecule has 0 radical (unpaired) electrons. The lowest BCUT2D eigenvalue weighted by atomic mass is 10.2. The maximum Gasteiger partial charge on any atom is 0.319 e. The van der Waals surface area contributed by atoms with Crippen LogP contribution in [0.15, 0.2) is 0 Å². The zero-order valence-corrected chi connectivity index (χ0v) is 15.7. The highest BCUT2D eigenvalue weighted by atomic mass is 32.2. The van der Waals surface area contributed by atoms with E-state index in [-0.39, 0.29) is 23.0 Å². The average Bonchev–Trinajstić information content (AvgIpc) is 2.20. The molecule has 0 bridgehead atoms. The SMILES string of the molecule is CC(C)(C)OC(=O)C[S@@](=O)CC[S@](=O)CC(=O)OC(C)(C)C. The Morgan fingerprint density at radius 2 is 1.00 bits per heavy atom.